The van der Waals surface area contributed by atoms with Crippen molar-refractivity contribution >= 4 is 5.69 Å². The highest BCUT2D eigenvalue weighted by Crippen LogP contribution is 2.20. The predicted molar refractivity (Wildman–Crippen MR) is 107 cm³/mol. The molecule has 2 aromatic rings. The summed E-state index contributed by atoms with van der Waals surface area (Å²) in [5.74, 6) is 0. The molecule has 0 aliphatic rings. The summed E-state index contributed by atoms with van der Waals surface area (Å²) < 4.78 is 0. The summed E-state index contributed by atoms with van der Waals surface area (Å²) in [5, 5.41) is 3.58. The molecule has 24 heavy (non-hydrogen) atoms. The monoisotopic (exact) mass is 323 g/mol. The van der Waals surface area contributed by atoms with Crippen LogP contribution in [-0.2, 0) is 6.42 Å². The maximum atomic E-state index is 3.58. The van der Waals surface area contributed by atoms with E-state index in [-0.39, 0.29) is 0 Å². The molecular formula is C23H33N. The fraction of sp³-hybridized carbons (Fsp3) is 0.478. The summed E-state index contributed by atoms with van der Waals surface area (Å²) in [6.07, 6.45) is 10.9. The molecule has 0 heterocycles. The van der Waals surface area contributed by atoms with Crippen LogP contribution in [0.4, 0.5) is 5.69 Å². The molecule has 0 aliphatic heterocycles. The van der Waals surface area contributed by atoms with Crippen LogP contribution < -0.4 is 5.32 Å². The molecular weight excluding hydrogens is 290 g/mol. The van der Waals surface area contributed by atoms with Gasteiger partial charge in [0.05, 0.1) is 0 Å². The summed E-state index contributed by atoms with van der Waals surface area (Å²) in [5.41, 5.74) is 3.99. The first-order valence-electron chi connectivity index (χ1n) is 9.70. The Morgan fingerprint density at radius 1 is 0.750 bits per heavy atom. The Morgan fingerprint density at radius 2 is 1.38 bits per heavy atom. The van der Waals surface area contributed by atoms with Crippen molar-refractivity contribution in [3.05, 3.63) is 65.7 Å². The largest absolute Gasteiger partial charge is 0.379 e. The molecule has 0 aliphatic carbocycles. The smallest absolute Gasteiger partial charge is 0.0485 e. The van der Waals surface area contributed by atoms with Crippen LogP contribution in [0.5, 0.6) is 0 Å². The molecule has 130 valence electrons. The lowest BCUT2D eigenvalue weighted by molar-refractivity contribution is 0.589. The summed E-state index contributed by atoms with van der Waals surface area (Å²) in [7, 11) is 0. The number of nitrogens with one attached hydrogen (secondary N) is 1. The molecule has 1 unspecified atom stereocenters. The number of aryl methyl sites for hydroxylation is 1. The van der Waals surface area contributed by atoms with Gasteiger partial charge in [0, 0.05) is 11.7 Å². The molecule has 1 atom stereocenters. The second-order valence-corrected chi connectivity index (χ2v) is 6.84. The van der Waals surface area contributed by atoms with E-state index < -0.39 is 0 Å². The zero-order valence-electron chi connectivity index (χ0n) is 15.4. The van der Waals surface area contributed by atoms with Crippen molar-refractivity contribution in [3.8, 4) is 0 Å². The lowest BCUT2D eigenvalue weighted by Gasteiger charge is -2.16. The number of anilines is 1. The van der Waals surface area contributed by atoms with Gasteiger partial charge < -0.3 is 5.32 Å². The van der Waals surface area contributed by atoms with E-state index in [2.05, 4.69) is 73.8 Å². The van der Waals surface area contributed by atoms with E-state index in [1.54, 1.807) is 0 Å². The zero-order valence-corrected chi connectivity index (χ0v) is 15.4. The van der Waals surface area contributed by atoms with Crippen molar-refractivity contribution in [1.29, 1.82) is 0 Å². The Morgan fingerprint density at radius 3 is 2.04 bits per heavy atom. The number of unbranched alkanes of at least 4 members (excludes halogenated alkanes) is 6. The van der Waals surface area contributed by atoms with Crippen LogP contribution in [0.2, 0.25) is 0 Å². The van der Waals surface area contributed by atoms with Gasteiger partial charge >= 0.3 is 0 Å². The molecule has 0 aromatic heterocycles. The van der Waals surface area contributed by atoms with Crippen molar-refractivity contribution in [2.24, 2.45) is 0 Å². The highest BCUT2D eigenvalue weighted by molar-refractivity contribution is 5.46. The highest BCUT2D eigenvalue weighted by Gasteiger charge is 2.04. The quantitative estimate of drug-likeness (QED) is 0.433. The van der Waals surface area contributed by atoms with Gasteiger partial charge in [0.1, 0.15) is 0 Å². The zero-order chi connectivity index (χ0) is 17.0. The van der Waals surface area contributed by atoms with Gasteiger partial charge in [0.2, 0.25) is 0 Å². The molecule has 0 spiro atoms. The minimum atomic E-state index is 0.333. The van der Waals surface area contributed by atoms with Crippen LogP contribution in [0.25, 0.3) is 0 Å². The molecule has 1 heteroatoms. The van der Waals surface area contributed by atoms with Gasteiger partial charge in [-0.1, -0.05) is 87.9 Å². The normalized spacial score (nSPS) is 12.1. The predicted octanol–water partition coefficient (Wildman–Crippen LogP) is 7.15. The minimum Gasteiger partial charge on any atom is -0.379 e. The minimum absolute atomic E-state index is 0.333. The summed E-state index contributed by atoms with van der Waals surface area (Å²) in [6, 6.07) is 19.9. The first-order valence-corrected chi connectivity index (χ1v) is 9.70. The Hall–Kier alpha value is -1.76. The van der Waals surface area contributed by atoms with Crippen LogP contribution in [0.1, 0.15) is 76.0 Å². The van der Waals surface area contributed by atoms with Crippen LogP contribution in [-0.4, -0.2) is 0 Å². The van der Waals surface area contributed by atoms with Gasteiger partial charge in [-0.3, -0.25) is 0 Å². The van der Waals surface area contributed by atoms with E-state index in [9.17, 15) is 0 Å². The van der Waals surface area contributed by atoms with Crippen LogP contribution >= 0.6 is 0 Å². The third-order valence-corrected chi connectivity index (χ3v) is 4.71. The molecule has 2 aromatic carbocycles. The maximum absolute atomic E-state index is 3.58. The number of hydrogen-bond donors (Lipinski definition) is 1. The SMILES string of the molecule is CCCCCCCCCc1ccc(NC(C)c2ccccc2)cc1. The molecule has 0 bridgehead atoms. The topological polar surface area (TPSA) is 12.0 Å². The van der Waals surface area contributed by atoms with E-state index in [0.717, 1.165) is 0 Å². The Labute approximate surface area is 148 Å². The van der Waals surface area contributed by atoms with Crippen molar-refractivity contribution in [3.63, 3.8) is 0 Å². The molecule has 1 N–H and O–H groups in total. The third kappa shape index (κ3) is 6.78. The number of rotatable bonds is 11. The van der Waals surface area contributed by atoms with Crippen LogP contribution in [0.15, 0.2) is 54.6 Å². The van der Waals surface area contributed by atoms with Gasteiger partial charge in [-0.15, -0.1) is 0 Å². The van der Waals surface area contributed by atoms with Gasteiger partial charge in [0.25, 0.3) is 0 Å². The third-order valence-electron chi connectivity index (χ3n) is 4.71. The highest BCUT2D eigenvalue weighted by atomic mass is 14.9. The first kappa shape index (κ1) is 18.6. The van der Waals surface area contributed by atoms with E-state index in [1.165, 1.54) is 68.2 Å². The molecule has 0 fully saturated rings. The standard InChI is InChI=1S/C23H33N/c1-3-4-5-6-7-8-10-13-21-16-18-23(19-17-21)24-20(2)22-14-11-9-12-15-22/h9,11-12,14-20,24H,3-8,10,13H2,1-2H3. The fourth-order valence-corrected chi connectivity index (χ4v) is 3.13. The van der Waals surface area contributed by atoms with E-state index >= 15 is 0 Å². The molecule has 0 saturated carbocycles. The maximum Gasteiger partial charge on any atom is 0.0485 e. The Kier molecular flexibility index (Phi) is 8.45. The van der Waals surface area contributed by atoms with E-state index in [0.29, 0.717) is 6.04 Å². The number of hydrogen-bond acceptors (Lipinski definition) is 1. The average molecular weight is 324 g/mol. The van der Waals surface area contributed by atoms with Crippen molar-refractivity contribution in [2.75, 3.05) is 5.32 Å². The molecule has 0 saturated heterocycles. The van der Waals surface area contributed by atoms with Crippen LogP contribution in [0, 0.1) is 0 Å². The number of benzene rings is 2. The van der Waals surface area contributed by atoms with Gasteiger partial charge in [0.15, 0.2) is 0 Å². The average Bonchev–Trinajstić information content (AvgIpc) is 2.63. The summed E-state index contributed by atoms with van der Waals surface area (Å²) in [6.45, 7) is 4.49. The molecule has 1 nitrogen and oxygen atoms in total. The fourth-order valence-electron chi connectivity index (χ4n) is 3.13. The van der Waals surface area contributed by atoms with Gasteiger partial charge in [-0.25, -0.2) is 0 Å². The first-order chi connectivity index (χ1) is 11.8. The van der Waals surface area contributed by atoms with Gasteiger partial charge in [-0.2, -0.15) is 0 Å². The molecule has 2 rings (SSSR count). The van der Waals surface area contributed by atoms with E-state index in [1.807, 2.05) is 0 Å². The van der Waals surface area contributed by atoms with Gasteiger partial charge in [-0.05, 0) is 43.0 Å². The second kappa shape index (κ2) is 10.9. The Balaban J connectivity index is 1.69. The van der Waals surface area contributed by atoms with Crippen molar-refractivity contribution in [1.82, 2.24) is 0 Å². The summed E-state index contributed by atoms with van der Waals surface area (Å²) in [4.78, 5) is 0. The summed E-state index contributed by atoms with van der Waals surface area (Å²) >= 11 is 0. The second-order valence-electron chi connectivity index (χ2n) is 6.84. The van der Waals surface area contributed by atoms with Crippen molar-refractivity contribution in [2.45, 2.75) is 71.3 Å². The lowest BCUT2D eigenvalue weighted by Crippen LogP contribution is -2.06. The Bertz CT molecular complexity index is 544. The van der Waals surface area contributed by atoms with Crippen molar-refractivity contribution < 1.29 is 0 Å². The van der Waals surface area contributed by atoms with E-state index in [4.69, 9.17) is 0 Å². The lowest BCUT2D eigenvalue weighted by atomic mass is 10.0. The molecule has 0 amide bonds. The molecule has 0 radical (unpaired) electrons. The van der Waals surface area contributed by atoms with Crippen LogP contribution in [0.3, 0.4) is 0 Å².